The normalized spacial score (nSPS) is 13.6. The molecular formula is C13H18N2O2S2. The van der Waals surface area contributed by atoms with Crippen molar-refractivity contribution >= 4 is 27.7 Å². The predicted molar refractivity (Wildman–Crippen MR) is 83.0 cm³/mol. The zero-order valence-corrected chi connectivity index (χ0v) is 13.4. The summed E-state index contributed by atoms with van der Waals surface area (Å²) in [5.41, 5.74) is 3.44. The quantitative estimate of drug-likeness (QED) is 0.589. The van der Waals surface area contributed by atoms with E-state index in [2.05, 4.69) is 20.9 Å². The molecule has 1 aliphatic heterocycles. The molecule has 0 fully saturated rings. The second kappa shape index (κ2) is 5.98. The average Bonchev–Trinajstić information content (AvgIpc) is 3.14. The predicted octanol–water partition coefficient (Wildman–Crippen LogP) is 3.40. The van der Waals surface area contributed by atoms with E-state index < -0.39 is 0 Å². The number of nitrogens with zero attached hydrogens (tertiary/aromatic N) is 2. The summed E-state index contributed by atoms with van der Waals surface area (Å²) < 4.78 is 14.9. The van der Waals surface area contributed by atoms with Crippen LogP contribution in [0.3, 0.4) is 0 Å². The molecule has 1 aromatic rings. The molecule has 0 aliphatic carbocycles. The summed E-state index contributed by atoms with van der Waals surface area (Å²) in [6, 6.07) is 4.13. The molecule has 6 heteroatoms. The van der Waals surface area contributed by atoms with Crippen LogP contribution in [0.1, 0.15) is 11.1 Å². The minimum Gasteiger partial charge on any atom is -0.493 e. The number of hydrogen-bond donors (Lipinski definition) is 0. The number of benzene rings is 1. The van der Waals surface area contributed by atoms with Gasteiger partial charge in [-0.15, -0.1) is 0 Å². The zero-order chi connectivity index (χ0) is 14.0. The summed E-state index contributed by atoms with van der Waals surface area (Å²) in [5, 5.41) is 0. The summed E-state index contributed by atoms with van der Waals surface area (Å²) in [6.07, 6.45) is 2.11. The van der Waals surface area contributed by atoms with Gasteiger partial charge in [0.15, 0.2) is 11.5 Å². The molecule has 0 saturated heterocycles. The van der Waals surface area contributed by atoms with Crippen LogP contribution in [0.15, 0.2) is 18.3 Å². The Bertz CT molecular complexity index is 504. The molecule has 0 radical (unpaired) electrons. The molecule has 0 atom stereocenters. The molecule has 0 aromatic heterocycles. The molecule has 19 heavy (non-hydrogen) atoms. The van der Waals surface area contributed by atoms with Crippen molar-refractivity contribution in [3.05, 3.63) is 29.5 Å². The van der Waals surface area contributed by atoms with E-state index >= 15 is 0 Å². The lowest BCUT2D eigenvalue weighted by Gasteiger charge is -2.13. The van der Waals surface area contributed by atoms with Crippen molar-refractivity contribution in [3.63, 3.8) is 0 Å². The lowest BCUT2D eigenvalue weighted by atomic mass is 10.1. The van der Waals surface area contributed by atoms with Crippen molar-refractivity contribution in [2.45, 2.75) is 6.92 Å². The van der Waals surface area contributed by atoms with Gasteiger partial charge in [-0.05, 0) is 38.7 Å². The third-order valence-electron chi connectivity index (χ3n) is 2.63. The molecule has 0 unspecified atom stereocenters. The number of aryl methyl sites for hydroxylation is 1. The van der Waals surface area contributed by atoms with Crippen LogP contribution < -0.4 is 9.47 Å². The molecule has 0 N–H and O–H groups in total. The third-order valence-corrected chi connectivity index (χ3v) is 5.04. The Hall–Kier alpha value is -0.980. The van der Waals surface area contributed by atoms with Crippen LogP contribution in [0.25, 0.3) is 5.70 Å². The lowest BCUT2D eigenvalue weighted by molar-refractivity contribution is 0.353. The Kier molecular flexibility index (Phi) is 4.54. The SMILES string of the molecule is COc1cc(C2=CN2SSN(C)C)cc(C)c1OC. The van der Waals surface area contributed by atoms with Crippen molar-refractivity contribution in [2.75, 3.05) is 28.3 Å². The summed E-state index contributed by atoms with van der Waals surface area (Å²) in [4.78, 5) is 0. The lowest BCUT2D eigenvalue weighted by Crippen LogP contribution is -1.98. The molecule has 1 heterocycles. The maximum atomic E-state index is 5.38. The zero-order valence-electron chi connectivity index (χ0n) is 11.8. The molecule has 104 valence electrons. The van der Waals surface area contributed by atoms with Gasteiger partial charge in [0.2, 0.25) is 0 Å². The maximum Gasteiger partial charge on any atom is 0.163 e. The van der Waals surface area contributed by atoms with E-state index in [-0.39, 0.29) is 0 Å². The van der Waals surface area contributed by atoms with Gasteiger partial charge in [-0.3, -0.25) is 4.31 Å². The fraction of sp³-hybridized carbons (Fsp3) is 0.385. The largest absolute Gasteiger partial charge is 0.493 e. The van der Waals surface area contributed by atoms with Gasteiger partial charge in [0, 0.05) is 33.7 Å². The fourth-order valence-corrected chi connectivity index (χ4v) is 3.27. The van der Waals surface area contributed by atoms with E-state index in [1.807, 2.05) is 27.1 Å². The van der Waals surface area contributed by atoms with E-state index in [4.69, 9.17) is 9.47 Å². The second-order valence-corrected chi connectivity index (χ2v) is 6.65. The highest BCUT2D eigenvalue weighted by atomic mass is 33.1. The van der Waals surface area contributed by atoms with Crippen molar-refractivity contribution in [1.29, 1.82) is 0 Å². The molecule has 0 spiro atoms. The first-order chi connectivity index (χ1) is 9.06. The van der Waals surface area contributed by atoms with Crippen LogP contribution in [0.4, 0.5) is 0 Å². The van der Waals surface area contributed by atoms with Gasteiger partial charge < -0.3 is 9.47 Å². The average molecular weight is 298 g/mol. The number of hydrogen-bond acceptors (Lipinski definition) is 6. The number of ether oxygens (including phenoxy) is 2. The van der Waals surface area contributed by atoms with Crippen LogP contribution in [-0.2, 0) is 0 Å². The van der Waals surface area contributed by atoms with Crippen LogP contribution in [0.2, 0.25) is 0 Å². The summed E-state index contributed by atoms with van der Waals surface area (Å²) in [6.45, 7) is 2.03. The Morgan fingerprint density at radius 2 is 1.89 bits per heavy atom. The minimum atomic E-state index is 0.774. The van der Waals surface area contributed by atoms with Gasteiger partial charge >= 0.3 is 0 Å². The van der Waals surface area contributed by atoms with Crippen molar-refractivity contribution in [2.24, 2.45) is 0 Å². The van der Waals surface area contributed by atoms with E-state index in [1.165, 1.54) is 5.70 Å². The Morgan fingerprint density at radius 3 is 2.47 bits per heavy atom. The summed E-state index contributed by atoms with van der Waals surface area (Å²) in [5.74, 6) is 1.57. The van der Waals surface area contributed by atoms with E-state index in [0.29, 0.717) is 0 Å². The summed E-state index contributed by atoms with van der Waals surface area (Å²) in [7, 11) is 10.8. The first-order valence-electron chi connectivity index (χ1n) is 5.83. The molecule has 2 rings (SSSR count). The summed E-state index contributed by atoms with van der Waals surface area (Å²) >= 11 is 0. The highest BCUT2D eigenvalue weighted by molar-refractivity contribution is 8.75. The Morgan fingerprint density at radius 1 is 1.16 bits per heavy atom. The topological polar surface area (TPSA) is 24.7 Å². The van der Waals surface area contributed by atoms with Gasteiger partial charge in [0.1, 0.15) is 0 Å². The third kappa shape index (κ3) is 3.32. The number of rotatable bonds is 6. The van der Waals surface area contributed by atoms with Crippen LogP contribution in [0.5, 0.6) is 11.5 Å². The monoisotopic (exact) mass is 298 g/mol. The van der Waals surface area contributed by atoms with E-state index in [1.54, 1.807) is 36.2 Å². The standard InChI is InChI=1S/C13H18N2O2S2/c1-9-6-10(7-12(16-4)13(9)17-5)11-8-15(11)19-18-14(2)3/h6-8H,1-5H3. The maximum absolute atomic E-state index is 5.38. The van der Waals surface area contributed by atoms with Gasteiger partial charge in [-0.2, -0.15) is 0 Å². The molecule has 0 bridgehead atoms. The minimum absolute atomic E-state index is 0.774. The molecule has 4 nitrogen and oxygen atoms in total. The number of methoxy groups -OCH3 is 2. The van der Waals surface area contributed by atoms with Crippen molar-refractivity contribution in [1.82, 2.24) is 8.61 Å². The first kappa shape index (κ1) is 14.4. The van der Waals surface area contributed by atoms with Crippen LogP contribution in [0, 0.1) is 6.92 Å². The molecule has 1 aliphatic rings. The van der Waals surface area contributed by atoms with E-state index in [0.717, 1.165) is 22.6 Å². The smallest absolute Gasteiger partial charge is 0.163 e. The van der Waals surface area contributed by atoms with Gasteiger partial charge in [-0.1, -0.05) is 0 Å². The second-order valence-electron chi connectivity index (χ2n) is 4.33. The molecule has 0 amide bonds. The van der Waals surface area contributed by atoms with Crippen LogP contribution >= 0.6 is 22.0 Å². The molecule has 0 saturated carbocycles. The Labute approximate surface area is 122 Å². The van der Waals surface area contributed by atoms with Crippen molar-refractivity contribution in [3.8, 4) is 11.5 Å². The Balaban J connectivity index is 2.11. The molecule has 1 aromatic carbocycles. The van der Waals surface area contributed by atoms with Gasteiger partial charge in [-0.25, -0.2) is 4.31 Å². The fourth-order valence-electron chi connectivity index (χ4n) is 1.75. The highest BCUT2D eigenvalue weighted by Crippen LogP contribution is 2.46. The first-order valence-corrected chi connectivity index (χ1v) is 7.89. The van der Waals surface area contributed by atoms with Gasteiger partial charge in [0.05, 0.1) is 19.9 Å². The van der Waals surface area contributed by atoms with Crippen molar-refractivity contribution < 1.29 is 9.47 Å². The molecular weight excluding hydrogens is 280 g/mol. The van der Waals surface area contributed by atoms with Gasteiger partial charge in [0.25, 0.3) is 0 Å². The van der Waals surface area contributed by atoms with E-state index in [9.17, 15) is 0 Å². The van der Waals surface area contributed by atoms with Crippen LogP contribution in [-0.4, -0.2) is 36.9 Å². The highest BCUT2D eigenvalue weighted by Gasteiger charge is 2.25.